The number of alkyl halides is 3. The zero-order valence-corrected chi connectivity index (χ0v) is 15.3. The van der Waals surface area contributed by atoms with Gasteiger partial charge < -0.3 is 4.42 Å². The van der Waals surface area contributed by atoms with Crippen molar-refractivity contribution in [3.63, 3.8) is 0 Å². The maximum absolute atomic E-state index is 12.6. The van der Waals surface area contributed by atoms with E-state index < -0.39 is 27.8 Å². The Morgan fingerprint density at radius 3 is 2.24 bits per heavy atom. The van der Waals surface area contributed by atoms with Gasteiger partial charge in [0.05, 0.1) is 10.5 Å². The van der Waals surface area contributed by atoms with Gasteiger partial charge in [0, 0.05) is 5.56 Å². The Bertz CT molecular complexity index is 1280. The van der Waals surface area contributed by atoms with Crippen molar-refractivity contribution in [2.75, 3.05) is 4.72 Å². The minimum atomic E-state index is -4.46. The van der Waals surface area contributed by atoms with E-state index in [0.717, 1.165) is 35.0 Å². The van der Waals surface area contributed by atoms with Crippen molar-refractivity contribution in [3.05, 3.63) is 72.3 Å². The Morgan fingerprint density at radius 1 is 0.862 bits per heavy atom. The van der Waals surface area contributed by atoms with Crippen molar-refractivity contribution in [2.24, 2.45) is 0 Å². The molecule has 0 atom stereocenters. The first-order valence-electron chi connectivity index (χ1n) is 8.25. The fourth-order valence-electron chi connectivity index (χ4n) is 2.69. The van der Waals surface area contributed by atoms with Crippen molar-refractivity contribution in [2.45, 2.75) is 11.1 Å². The molecule has 148 valence electrons. The second-order valence-corrected chi connectivity index (χ2v) is 7.78. The van der Waals surface area contributed by atoms with Crippen LogP contribution in [0.4, 0.5) is 19.2 Å². The van der Waals surface area contributed by atoms with Crippen LogP contribution in [-0.2, 0) is 16.2 Å². The number of sulfonamides is 1. The SMILES string of the molecule is O=S(=O)(Nc1nnc(-c2ccc(C(F)(F)F)cc2)o1)c1ccc2ccccc2c1. The summed E-state index contributed by atoms with van der Waals surface area (Å²) in [6, 6.07) is 15.6. The van der Waals surface area contributed by atoms with Gasteiger partial charge in [-0.25, -0.2) is 13.1 Å². The van der Waals surface area contributed by atoms with Gasteiger partial charge in [0.15, 0.2) is 0 Å². The predicted molar refractivity (Wildman–Crippen MR) is 99.5 cm³/mol. The minimum absolute atomic E-state index is 0.00507. The van der Waals surface area contributed by atoms with E-state index in [2.05, 4.69) is 14.9 Å². The van der Waals surface area contributed by atoms with Crippen LogP contribution in [0.2, 0.25) is 0 Å². The molecule has 10 heteroatoms. The number of hydrogen-bond acceptors (Lipinski definition) is 5. The average Bonchev–Trinajstić information content (AvgIpc) is 3.15. The highest BCUT2D eigenvalue weighted by molar-refractivity contribution is 7.92. The third-order valence-electron chi connectivity index (χ3n) is 4.14. The maximum atomic E-state index is 12.6. The molecule has 1 heterocycles. The van der Waals surface area contributed by atoms with E-state index in [1.54, 1.807) is 18.2 Å². The molecule has 0 fully saturated rings. The van der Waals surface area contributed by atoms with Crippen LogP contribution in [0.25, 0.3) is 22.2 Å². The van der Waals surface area contributed by atoms with Crippen molar-refractivity contribution in [1.82, 2.24) is 10.2 Å². The lowest BCUT2D eigenvalue weighted by Gasteiger charge is -2.06. The van der Waals surface area contributed by atoms with Crippen LogP contribution >= 0.6 is 0 Å². The van der Waals surface area contributed by atoms with Gasteiger partial charge in [-0.15, -0.1) is 5.10 Å². The number of hydrogen-bond donors (Lipinski definition) is 1. The Kier molecular flexibility index (Phi) is 4.50. The lowest BCUT2D eigenvalue weighted by Crippen LogP contribution is -2.13. The van der Waals surface area contributed by atoms with Gasteiger partial charge in [-0.1, -0.05) is 35.4 Å². The molecule has 0 aliphatic carbocycles. The summed E-state index contributed by atoms with van der Waals surface area (Å²) in [5, 5.41) is 8.91. The molecule has 4 aromatic rings. The molecule has 0 aliphatic heterocycles. The van der Waals surface area contributed by atoms with Crippen molar-refractivity contribution in [1.29, 1.82) is 0 Å². The summed E-state index contributed by atoms with van der Waals surface area (Å²) in [6.45, 7) is 0. The van der Waals surface area contributed by atoms with Crippen molar-refractivity contribution in [3.8, 4) is 11.5 Å². The van der Waals surface area contributed by atoms with E-state index >= 15 is 0 Å². The number of halogens is 3. The average molecular weight is 419 g/mol. The third kappa shape index (κ3) is 3.92. The highest BCUT2D eigenvalue weighted by Crippen LogP contribution is 2.31. The second kappa shape index (κ2) is 6.89. The first-order valence-corrected chi connectivity index (χ1v) is 9.73. The third-order valence-corrected chi connectivity index (χ3v) is 5.45. The lowest BCUT2D eigenvalue weighted by atomic mass is 10.1. The topological polar surface area (TPSA) is 85.1 Å². The van der Waals surface area contributed by atoms with Gasteiger partial charge in [-0.3, -0.25) is 0 Å². The van der Waals surface area contributed by atoms with Crippen molar-refractivity contribution < 1.29 is 26.0 Å². The standard InChI is InChI=1S/C19H12F3N3O3S/c20-19(21,22)15-8-5-13(6-9-15)17-23-24-18(28-17)25-29(26,27)16-10-7-12-3-1-2-4-14(12)11-16/h1-11H,(H,24,25). The summed E-state index contributed by atoms with van der Waals surface area (Å²) in [4.78, 5) is 0.00507. The van der Waals surface area contributed by atoms with E-state index in [4.69, 9.17) is 4.42 Å². The number of nitrogens with one attached hydrogen (secondary N) is 1. The van der Waals surface area contributed by atoms with E-state index in [-0.39, 0.29) is 16.3 Å². The highest BCUT2D eigenvalue weighted by Gasteiger charge is 2.30. The lowest BCUT2D eigenvalue weighted by molar-refractivity contribution is -0.137. The largest absolute Gasteiger partial charge is 0.416 e. The molecule has 0 saturated heterocycles. The molecule has 29 heavy (non-hydrogen) atoms. The molecule has 0 bridgehead atoms. The summed E-state index contributed by atoms with van der Waals surface area (Å²) in [6.07, 6.45) is -4.46. The molecule has 3 aromatic carbocycles. The monoisotopic (exact) mass is 419 g/mol. The van der Waals surface area contributed by atoms with Crippen LogP contribution in [0.15, 0.2) is 76.0 Å². The number of rotatable bonds is 4. The molecular weight excluding hydrogens is 407 g/mol. The van der Waals surface area contributed by atoms with Gasteiger partial charge in [0.2, 0.25) is 5.89 Å². The Balaban J connectivity index is 1.57. The van der Waals surface area contributed by atoms with Crippen LogP contribution in [0.3, 0.4) is 0 Å². The molecular formula is C19H12F3N3O3S. The normalized spacial score (nSPS) is 12.2. The van der Waals surface area contributed by atoms with Crippen LogP contribution in [-0.4, -0.2) is 18.6 Å². The quantitative estimate of drug-likeness (QED) is 0.518. The van der Waals surface area contributed by atoms with E-state index in [0.29, 0.717) is 0 Å². The maximum Gasteiger partial charge on any atom is 0.416 e. The summed E-state index contributed by atoms with van der Waals surface area (Å²) in [5.41, 5.74) is -0.598. The van der Waals surface area contributed by atoms with Gasteiger partial charge >= 0.3 is 12.2 Å². The van der Waals surface area contributed by atoms with Crippen LogP contribution < -0.4 is 4.72 Å². The Morgan fingerprint density at radius 2 is 1.55 bits per heavy atom. The number of benzene rings is 3. The van der Waals surface area contributed by atoms with Gasteiger partial charge in [-0.2, -0.15) is 13.2 Å². The number of anilines is 1. The molecule has 0 spiro atoms. The summed E-state index contributed by atoms with van der Waals surface area (Å²) < 4.78 is 70.5. The van der Waals surface area contributed by atoms with Gasteiger partial charge in [0.25, 0.3) is 10.0 Å². The fraction of sp³-hybridized carbons (Fsp3) is 0.0526. The smallest absolute Gasteiger partial charge is 0.403 e. The zero-order chi connectivity index (χ0) is 20.6. The van der Waals surface area contributed by atoms with Crippen LogP contribution in [0, 0.1) is 0 Å². The van der Waals surface area contributed by atoms with Crippen LogP contribution in [0.5, 0.6) is 0 Å². The summed E-state index contributed by atoms with van der Waals surface area (Å²) in [7, 11) is -3.99. The Hall–Kier alpha value is -3.40. The molecule has 0 saturated carbocycles. The van der Waals surface area contributed by atoms with Crippen LogP contribution in [0.1, 0.15) is 5.56 Å². The molecule has 1 aromatic heterocycles. The van der Waals surface area contributed by atoms with E-state index in [9.17, 15) is 21.6 Å². The summed E-state index contributed by atoms with van der Waals surface area (Å²) in [5.74, 6) is -0.116. The van der Waals surface area contributed by atoms with E-state index in [1.165, 1.54) is 12.1 Å². The molecule has 0 radical (unpaired) electrons. The molecule has 6 nitrogen and oxygen atoms in total. The van der Waals surface area contributed by atoms with E-state index in [1.807, 2.05) is 12.1 Å². The molecule has 1 N–H and O–H groups in total. The molecule has 0 amide bonds. The first-order chi connectivity index (χ1) is 13.7. The molecule has 0 unspecified atom stereocenters. The fourth-order valence-corrected chi connectivity index (χ4v) is 3.65. The summed E-state index contributed by atoms with van der Waals surface area (Å²) >= 11 is 0. The first kappa shape index (κ1) is 18.9. The van der Waals surface area contributed by atoms with Gasteiger partial charge in [0.1, 0.15) is 0 Å². The number of aromatic nitrogens is 2. The van der Waals surface area contributed by atoms with Crippen molar-refractivity contribution >= 4 is 26.8 Å². The molecule has 4 rings (SSSR count). The minimum Gasteiger partial charge on any atom is -0.403 e. The zero-order valence-electron chi connectivity index (χ0n) is 14.5. The number of nitrogens with zero attached hydrogens (tertiary/aromatic N) is 2. The predicted octanol–water partition coefficient (Wildman–Crippen LogP) is 4.71. The Labute approximate surface area is 163 Å². The number of fused-ring (bicyclic) bond motifs is 1. The molecule has 0 aliphatic rings. The highest BCUT2D eigenvalue weighted by atomic mass is 32.2. The second-order valence-electron chi connectivity index (χ2n) is 6.10. The van der Waals surface area contributed by atoms with Gasteiger partial charge in [-0.05, 0) is 47.2 Å².